The summed E-state index contributed by atoms with van der Waals surface area (Å²) >= 11 is 3.54. The molecule has 92 valence electrons. The molecule has 0 aromatic heterocycles. The van der Waals surface area contributed by atoms with Crippen molar-refractivity contribution in [3.8, 4) is 11.8 Å². The fraction of sp³-hybridized carbons (Fsp3) is 0.467. The van der Waals surface area contributed by atoms with Crippen LogP contribution in [0.2, 0.25) is 0 Å². The Hall–Kier alpha value is -0.780. The Morgan fingerprint density at radius 3 is 2.76 bits per heavy atom. The molecule has 1 atom stereocenters. The summed E-state index contributed by atoms with van der Waals surface area (Å²) in [4.78, 5) is 0. The van der Waals surface area contributed by atoms with Gasteiger partial charge in [-0.3, -0.25) is 0 Å². The Morgan fingerprint density at radius 1 is 1.41 bits per heavy atom. The lowest BCUT2D eigenvalue weighted by Crippen LogP contribution is -2.21. The van der Waals surface area contributed by atoms with Gasteiger partial charge in [0.2, 0.25) is 0 Å². The number of hydrogen-bond acceptors (Lipinski definition) is 1. The third-order valence-corrected chi connectivity index (χ3v) is 3.60. The van der Waals surface area contributed by atoms with Crippen molar-refractivity contribution < 1.29 is 0 Å². The number of benzene rings is 1. The van der Waals surface area contributed by atoms with Gasteiger partial charge < -0.3 is 5.32 Å². The van der Waals surface area contributed by atoms with E-state index >= 15 is 0 Å². The maximum absolute atomic E-state index is 3.55. The first-order valence-corrected chi connectivity index (χ1v) is 6.87. The SMILES string of the molecule is CC#CCC(NCCC)c1ccc(Br)c(C)c1. The molecule has 1 nitrogen and oxygen atoms in total. The lowest BCUT2D eigenvalue weighted by molar-refractivity contribution is 0.542. The van der Waals surface area contributed by atoms with Crippen LogP contribution >= 0.6 is 15.9 Å². The summed E-state index contributed by atoms with van der Waals surface area (Å²) in [6.45, 7) is 7.23. The molecule has 1 aromatic rings. The predicted molar refractivity (Wildman–Crippen MR) is 78.0 cm³/mol. The van der Waals surface area contributed by atoms with Crippen LogP contribution in [0.4, 0.5) is 0 Å². The molecule has 0 heterocycles. The van der Waals surface area contributed by atoms with E-state index in [2.05, 4.69) is 65.1 Å². The van der Waals surface area contributed by atoms with Gasteiger partial charge in [0.25, 0.3) is 0 Å². The van der Waals surface area contributed by atoms with Crippen LogP contribution in [0.3, 0.4) is 0 Å². The molecule has 0 aliphatic carbocycles. The molecule has 1 aromatic carbocycles. The number of halogens is 1. The van der Waals surface area contributed by atoms with Gasteiger partial charge in [-0.15, -0.1) is 11.8 Å². The lowest BCUT2D eigenvalue weighted by Gasteiger charge is -2.17. The zero-order valence-corrected chi connectivity index (χ0v) is 12.4. The van der Waals surface area contributed by atoms with Crippen LogP contribution in [0.25, 0.3) is 0 Å². The highest BCUT2D eigenvalue weighted by molar-refractivity contribution is 9.10. The number of aryl methyl sites for hydroxylation is 1. The van der Waals surface area contributed by atoms with Gasteiger partial charge in [0.05, 0.1) is 0 Å². The zero-order valence-electron chi connectivity index (χ0n) is 10.8. The van der Waals surface area contributed by atoms with Crippen molar-refractivity contribution >= 4 is 15.9 Å². The highest BCUT2D eigenvalue weighted by Gasteiger charge is 2.09. The summed E-state index contributed by atoms with van der Waals surface area (Å²) in [6, 6.07) is 6.86. The van der Waals surface area contributed by atoms with Crippen LogP contribution in [-0.4, -0.2) is 6.54 Å². The van der Waals surface area contributed by atoms with Crippen molar-refractivity contribution in [2.45, 2.75) is 39.7 Å². The predicted octanol–water partition coefficient (Wildman–Crippen LogP) is 4.21. The Balaban J connectivity index is 2.85. The van der Waals surface area contributed by atoms with E-state index in [0.29, 0.717) is 6.04 Å². The van der Waals surface area contributed by atoms with E-state index in [9.17, 15) is 0 Å². The maximum atomic E-state index is 3.55. The van der Waals surface area contributed by atoms with E-state index in [-0.39, 0.29) is 0 Å². The highest BCUT2D eigenvalue weighted by Crippen LogP contribution is 2.23. The van der Waals surface area contributed by atoms with Gasteiger partial charge in [0.1, 0.15) is 0 Å². The summed E-state index contributed by atoms with van der Waals surface area (Å²) in [5.74, 6) is 6.14. The molecule has 2 heteroatoms. The molecule has 0 spiro atoms. The van der Waals surface area contributed by atoms with Gasteiger partial charge >= 0.3 is 0 Å². The van der Waals surface area contributed by atoms with Crippen LogP contribution in [0.5, 0.6) is 0 Å². The van der Waals surface area contributed by atoms with Gasteiger partial charge in [0.15, 0.2) is 0 Å². The molecule has 0 aliphatic heterocycles. The highest BCUT2D eigenvalue weighted by atomic mass is 79.9. The van der Waals surface area contributed by atoms with Crippen LogP contribution in [0, 0.1) is 18.8 Å². The third kappa shape index (κ3) is 4.53. The molecule has 0 bridgehead atoms. The Morgan fingerprint density at radius 2 is 2.18 bits per heavy atom. The number of rotatable bonds is 5. The molecule has 0 saturated heterocycles. The second kappa shape index (κ2) is 7.53. The van der Waals surface area contributed by atoms with Crippen molar-refractivity contribution in [1.29, 1.82) is 0 Å². The van der Waals surface area contributed by atoms with Crippen LogP contribution in [0.15, 0.2) is 22.7 Å². The average molecular weight is 294 g/mol. The quantitative estimate of drug-likeness (QED) is 0.802. The van der Waals surface area contributed by atoms with Crippen molar-refractivity contribution in [2.24, 2.45) is 0 Å². The molecular weight excluding hydrogens is 274 g/mol. The minimum absolute atomic E-state index is 0.342. The molecule has 0 amide bonds. The van der Waals surface area contributed by atoms with Crippen molar-refractivity contribution in [1.82, 2.24) is 5.32 Å². The fourth-order valence-electron chi connectivity index (χ4n) is 1.72. The summed E-state index contributed by atoms with van der Waals surface area (Å²) in [5.41, 5.74) is 2.59. The summed E-state index contributed by atoms with van der Waals surface area (Å²) in [5, 5.41) is 3.55. The van der Waals surface area contributed by atoms with E-state index < -0.39 is 0 Å². The smallest absolute Gasteiger partial charge is 0.0430 e. The first kappa shape index (κ1) is 14.3. The molecule has 0 fully saturated rings. The monoisotopic (exact) mass is 293 g/mol. The average Bonchev–Trinajstić information content (AvgIpc) is 2.33. The minimum Gasteiger partial charge on any atom is -0.309 e. The molecular formula is C15H20BrN. The van der Waals surface area contributed by atoms with Gasteiger partial charge in [0, 0.05) is 16.9 Å². The second-order valence-corrected chi connectivity index (χ2v) is 5.00. The topological polar surface area (TPSA) is 12.0 Å². The van der Waals surface area contributed by atoms with E-state index in [4.69, 9.17) is 0 Å². The molecule has 0 radical (unpaired) electrons. The standard InChI is InChI=1S/C15H20BrN/c1-4-6-7-15(17-10-5-2)13-8-9-14(16)12(3)11-13/h8-9,11,15,17H,5,7,10H2,1-3H3. The minimum atomic E-state index is 0.342. The number of nitrogens with one attached hydrogen (secondary N) is 1. The van der Waals surface area contributed by atoms with Crippen LogP contribution in [-0.2, 0) is 0 Å². The molecule has 0 aliphatic rings. The van der Waals surface area contributed by atoms with Crippen LogP contribution < -0.4 is 5.32 Å². The largest absolute Gasteiger partial charge is 0.309 e. The second-order valence-electron chi connectivity index (χ2n) is 4.15. The zero-order chi connectivity index (χ0) is 12.7. The van der Waals surface area contributed by atoms with Crippen LogP contribution in [0.1, 0.15) is 43.9 Å². The van der Waals surface area contributed by atoms with E-state index in [1.807, 2.05) is 6.92 Å². The Labute approximate surface area is 113 Å². The van der Waals surface area contributed by atoms with E-state index in [1.165, 1.54) is 11.1 Å². The normalized spacial score (nSPS) is 11.8. The van der Waals surface area contributed by atoms with Crippen molar-refractivity contribution in [3.63, 3.8) is 0 Å². The fourth-order valence-corrected chi connectivity index (χ4v) is 1.96. The first-order valence-electron chi connectivity index (χ1n) is 6.08. The number of hydrogen-bond donors (Lipinski definition) is 1. The Kier molecular flexibility index (Phi) is 6.32. The maximum Gasteiger partial charge on any atom is 0.0430 e. The molecule has 1 N–H and O–H groups in total. The van der Waals surface area contributed by atoms with Gasteiger partial charge in [-0.2, -0.15) is 0 Å². The Bertz CT molecular complexity index is 415. The molecule has 17 heavy (non-hydrogen) atoms. The van der Waals surface area contributed by atoms with Gasteiger partial charge in [-0.1, -0.05) is 35.0 Å². The van der Waals surface area contributed by atoms with Gasteiger partial charge in [-0.05, 0) is 44.0 Å². The van der Waals surface area contributed by atoms with Gasteiger partial charge in [-0.25, -0.2) is 0 Å². The summed E-state index contributed by atoms with van der Waals surface area (Å²) in [7, 11) is 0. The first-order chi connectivity index (χ1) is 8.19. The third-order valence-electron chi connectivity index (χ3n) is 2.71. The molecule has 1 rings (SSSR count). The molecule has 1 unspecified atom stereocenters. The summed E-state index contributed by atoms with van der Waals surface area (Å²) in [6.07, 6.45) is 2.02. The molecule has 0 saturated carbocycles. The van der Waals surface area contributed by atoms with Crippen molar-refractivity contribution in [3.05, 3.63) is 33.8 Å². The van der Waals surface area contributed by atoms with Crippen molar-refractivity contribution in [2.75, 3.05) is 6.54 Å². The van der Waals surface area contributed by atoms with E-state index in [0.717, 1.165) is 23.9 Å². The van der Waals surface area contributed by atoms with E-state index in [1.54, 1.807) is 0 Å². The lowest BCUT2D eigenvalue weighted by atomic mass is 10.0. The summed E-state index contributed by atoms with van der Waals surface area (Å²) < 4.78 is 1.16.